The van der Waals surface area contributed by atoms with Gasteiger partial charge in [-0.05, 0) is 46.3 Å². The summed E-state index contributed by atoms with van der Waals surface area (Å²) in [6.07, 6.45) is 0. The van der Waals surface area contributed by atoms with Crippen molar-refractivity contribution >= 4 is 68.0 Å². The topological polar surface area (TPSA) is 12.0 Å². The number of anilines is 1. The average molecular weight is 400 g/mol. The molecule has 100 valence electrons. The smallest absolute Gasteiger partial charge is 0.0657 e. The van der Waals surface area contributed by atoms with E-state index in [0.29, 0.717) is 26.6 Å². The van der Waals surface area contributed by atoms with Crippen LogP contribution in [0.4, 0.5) is 5.69 Å². The van der Waals surface area contributed by atoms with Crippen LogP contribution >= 0.6 is 62.3 Å². The molecule has 1 N–H and O–H groups in total. The van der Waals surface area contributed by atoms with E-state index >= 15 is 0 Å². The minimum Gasteiger partial charge on any atom is -0.381 e. The quantitative estimate of drug-likeness (QED) is 0.568. The van der Waals surface area contributed by atoms with Gasteiger partial charge in [0.25, 0.3) is 0 Å². The summed E-state index contributed by atoms with van der Waals surface area (Å²) >= 11 is 27.6. The molecular weight excluding hydrogens is 392 g/mol. The predicted molar refractivity (Wildman–Crippen MR) is 88.0 cm³/mol. The molecule has 0 spiro atoms. The zero-order chi connectivity index (χ0) is 14.0. The van der Waals surface area contributed by atoms with Crippen LogP contribution < -0.4 is 5.32 Å². The van der Waals surface area contributed by atoms with Crippen molar-refractivity contribution in [1.29, 1.82) is 0 Å². The lowest BCUT2D eigenvalue weighted by molar-refractivity contribution is 1.15. The fraction of sp³-hybridized carbons (Fsp3) is 0.0769. The minimum atomic E-state index is 0.463. The van der Waals surface area contributed by atoms with Crippen molar-refractivity contribution in [2.45, 2.75) is 6.54 Å². The third kappa shape index (κ3) is 3.71. The van der Waals surface area contributed by atoms with Gasteiger partial charge in [-0.15, -0.1) is 0 Å². The molecule has 0 radical (unpaired) electrons. The zero-order valence-electron chi connectivity index (χ0n) is 9.48. The first-order valence-corrected chi connectivity index (χ1v) is 7.61. The van der Waals surface area contributed by atoms with Gasteiger partial charge in [0.05, 0.1) is 15.1 Å². The van der Waals surface area contributed by atoms with Crippen molar-refractivity contribution in [3.05, 3.63) is 60.5 Å². The average Bonchev–Trinajstić information content (AvgIpc) is 2.38. The fourth-order valence-corrected chi connectivity index (χ4v) is 2.64. The Balaban J connectivity index is 2.19. The number of benzene rings is 2. The summed E-state index contributed by atoms with van der Waals surface area (Å²) in [5, 5.41) is 5.36. The van der Waals surface area contributed by atoms with E-state index in [2.05, 4.69) is 21.2 Å². The molecule has 1 nitrogen and oxygen atoms in total. The Hall–Kier alpha value is -0.120. The predicted octanol–water partition coefficient (Wildman–Crippen LogP) is 6.67. The van der Waals surface area contributed by atoms with Crippen molar-refractivity contribution in [1.82, 2.24) is 0 Å². The summed E-state index contributed by atoms with van der Waals surface area (Å²) < 4.78 is 0.846. The second kappa shape index (κ2) is 6.55. The molecule has 0 aromatic heterocycles. The van der Waals surface area contributed by atoms with Crippen LogP contribution in [0.3, 0.4) is 0 Å². The summed E-state index contributed by atoms with van der Waals surface area (Å²) in [4.78, 5) is 0. The molecule has 2 aromatic rings. The van der Waals surface area contributed by atoms with Gasteiger partial charge in [0.15, 0.2) is 0 Å². The third-order valence-electron chi connectivity index (χ3n) is 2.53. The van der Waals surface area contributed by atoms with Crippen LogP contribution in [-0.4, -0.2) is 0 Å². The highest BCUT2D eigenvalue weighted by atomic mass is 79.9. The molecule has 2 aromatic carbocycles. The maximum absolute atomic E-state index is 6.13. The standard InChI is InChI=1S/C13H8BrCl4N/c14-9-2-1-7(5-12(9)17)19-6-8-10(15)3-4-11(16)13(8)18/h1-5,19H,6H2. The van der Waals surface area contributed by atoms with Gasteiger partial charge >= 0.3 is 0 Å². The number of rotatable bonds is 3. The molecule has 0 amide bonds. The number of hydrogen-bond donors (Lipinski definition) is 1. The van der Waals surface area contributed by atoms with Gasteiger partial charge < -0.3 is 5.32 Å². The molecule has 0 saturated carbocycles. The molecule has 0 saturated heterocycles. The maximum atomic E-state index is 6.13. The lowest BCUT2D eigenvalue weighted by Crippen LogP contribution is -2.01. The Labute approximate surface area is 139 Å². The largest absolute Gasteiger partial charge is 0.381 e. The van der Waals surface area contributed by atoms with E-state index in [4.69, 9.17) is 46.4 Å². The van der Waals surface area contributed by atoms with Gasteiger partial charge in [-0.3, -0.25) is 0 Å². The first kappa shape index (κ1) is 15.3. The Morgan fingerprint density at radius 3 is 2.26 bits per heavy atom. The lowest BCUT2D eigenvalue weighted by atomic mass is 10.2. The van der Waals surface area contributed by atoms with E-state index < -0.39 is 0 Å². The normalized spacial score (nSPS) is 10.6. The Kier molecular flexibility index (Phi) is 5.27. The summed E-state index contributed by atoms with van der Waals surface area (Å²) in [7, 11) is 0. The molecule has 2 rings (SSSR count). The summed E-state index contributed by atoms with van der Waals surface area (Å²) in [6.45, 7) is 0.468. The van der Waals surface area contributed by atoms with E-state index in [9.17, 15) is 0 Å². The summed E-state index contributed by atoms with van der Waals surface area (Å²) in [6, 6.07) is 8.99. The van der Waals surface area contributed by atoms with Gasteiger partial charge in [-0.2, -0.15) is 0 Å². The highest BCUT2D eigenvalue weighted by Gasteiger charge is 2.09. The Morgan fingerprint density at radius 2 is 1.58 bits per heavy atom. The molecule has 0 aliphatic carbocycles. The second-order valence-corrected chi connectivity index (χ2v) is 6.26. The van der Waals surface area contributed by atoms with Crippen molar-refractivity contribution in [2.75, 3.05) is 5.32 Å². The van der Waals surface area contributed by atoms with Crippen molar-refractivity contribution in [3.63, 3.8) is 0 Å². The van der Waals surface area contributed by atoms with Crippen LogP contribution in [0, 0.1) is 0 Å². The number of nitrogens with one attached hydrogen (secondary N) is 1. The van der Waals surface area contributed by atoms with Crippen LogP contribution in [0.5, 0.6) is 0 Å². The van der Waals surface area contributed by atoms with E-state index in [1.165, 1.54) is 0 Å². The van der Waals surface area contributed by atoms with Gasteiger partial charge in [0.1, 0.15) is 0 Å². The SMILES string of the molecule is Clc1cc(NCc2c(Cl)ccc(Cl)c2Cl)ccc1Br. The second-order valence-electron chi connectivity index (χ2n) is 3.80. The molecule has 0 aliphatic rings. The minimum absolute atomic E-state index is 0.463. The molecule has 0 heterocycles. The van der Waals surface area contributed by atoms with Crippen LogP contribution in [0.15, 0.2) is 34.8 Å². The highest BCUT2D eigenvalue weighted by Crippen LogP contribution is 2.32. The van der Waals surface area contributed by atoms with Crippen LogP contribution in [0.25, 0.3) is 0 Å². The van der Waals surface area contributed by atoms with Crippen molar-refractivity contribution < 1.29 is 0 Å². The molecular formula is C13H8BrCl4N. The molecule has 0 fully saturated rings. The third-order valence-corrected chi connectivity index (χ3v) is 4.96. The van der Waals surface area contributed by atoms with Gasteiger partial charge in [-0.1, -0.05) is 46.4 Å². The maximum Gasteiger partial charge on any atom is 0.0657 e. The molecule has 6 heteroatoms. The van der Waals surface area contributed by atoms with Crippen molar-refractivity contribution in [3.8, 4) is 0 Å². The monoisotopic (exact) mass is 397 g/mol. The molecule has 19 heavy (non-hydrogen) atoms. The molecule has 0 unspecified atom stereocenters. The highest BCUT2D eigenvalue weighted by molar-refractivity contribution is 9.10. The van der Waals surface area contributed by atoms with Crippen LogP contribution in [-0.2, 0) is 6.54 Å². The fourth-order valence-electron chi connectivity index (χ4n) is 1.53. The molecule has 0 atom stereocenters. The first-order valence-electron chi connectivity index (χ1n) is 5.30. The van der Waals surface area contributed by atoms with E-state index in [0.717, 1.165) is 15.7 Å². The summed E-state index contributed by atoms with van der Waals surface area (Å²) in [5.41, 5.74) is 1.63. The lowest BCUT2D eigenvalue weighted by Gasteiger charge is -2.11. The van der Waals surface area contributed by atoms with Crippen molar-refractivity contribution in [2.24, 2.45) is 0 Å². The first-order chi connectivity index (χ1) is 8.99. The van der Waals surface area contributed by atoms with Gasteiger partial charge in [0, 0.05) is 27.3 Å². The zero-order valence-corrected chi connectivity index (χ0v) is 14.1. The molecule has 0 aliphatic heterocycles. The Bertz CT molecular complexity index is 616. The summed E-state index contributed by atoms with van der Waals surface area (Å²) in [5.74, 6) is 0. The van der Waals surface area contributed by atoms with Crippen LogP contribution in [0.1, 0.15) is 5.56 Å². The van der Waals surface area contributed by atoms with E-state index in [-0.39, 0.29) is 0 Å². The molecule has 0 bridgehead atoms. The van der Waals surface area contributed by atoms with Gasteiger partial charge in [0.2, 0.25) is 0 Å². The van der Waals surface area contributed by atoms with E-state index in [1.807, 2.05) is 18.2 Å². The number of halogens is 5. The Morgan fingerprint density at radius 1 is 0.895 bits per heavy atom. The van der Waals surface area contributed by atoms with Crippen LogP contribution in [0.2, 0.25) is 20.1 Å². The number of hydrogen-bond acceptors (Lipinski definition) is 1. The van der Waals surface area contributed by atoms with Gasteiger partial charge in [-0.25, -0.2) is 0 Å². The van der Waals surface area contributed by atoms with E-state index in [1.54, 1.807) is 12.1 Å².